The van der Waals surface area contributed by atoms with Gasteiger partial charge in [0.2, 0.25) is 0 Å². The predicted molar refractivity (Wildman–Crippen MR) is 145 cm³/mol. The van der Waals surface area contributed by atoms with Gasteiger partial charge in [0.15, 0.2) is 0 Å². The van der Waals surface area contributed by atoms with Crippen molar-refractivity contribution in [2.75, 3.05) is 4.90 Å². The quantitative estimate of drug-likeness (QED) is 0.213. The number of anilines is 3. The highest BCUT2D eigenvalue weighted by atomic mass is 79.9. The van der Waals surface area contributed by atoms with E-state index in [2.05, 4.69) is 142 Å². The second-order valence-electron chi connectivity index (χ2n) is 8.67. The average Bonchev–Trinajstić information content (AvgIpc) is 2.89. The van der Waals surface area contributed by atoms with Crippen molar-refractivity contribution in [1.29, 1.82) is 0 Å². The Labute approximate surface area is 212 Å². The molecule has 7 rings (SSSR count). The van der Waals surface area contributed by atoms with Crippen LogP contribution in [0, 0.1) is 0 Å². The maximum Gasteiger partial charge on any atom is 0.0764 e. The molecule has 2 aliphatic rings. The summed E-state index contributed by atoms with van der Waals surface area (Å²) in [6.45, 7) is 0. The minimum Gasteiger partial charge on any atom is -0.309 e. The summed E-state index contributed by atoms with van der Waals surface area (Å²) in [6, 6.07) is 44.1. The van der Waals surface area contributed by atoms with Crippen molar-refractivity contribution in [2.45, 2.75) is 15.2 Å². The minimum atomic E-state index is -0.403. The third kappa shape index (κ3) is 2.63. The third-order valence-electron chi connectivity index (χ3n) is 6.98. The number of fused-ring (bicyclic) bond motifs is 8. The molecule has 0 amide bonds. The van der Waals surface area contributed by atoms with Crippen LogP contribution < -0.4 is 4.90 Å². The van der Waals surface area contributed by atoms with Crippen molar-refractivity contribution in [2.24, 2.45) is 0 Å². The van der Waals surface area contributed by atoms with Crippen LogP contribution in [0.2, 0.25) is 0 Å². The molecule has 0 N–H and O–H groups in total. The predicted octanol–water partition coefficient (Wildman–Crippen LogP) is 9.08. The Morgan fingerprint density at radius 2 is 1.09 bits per heavy atom. The maximum atomic E-state index is 3.95. The SMILES string of the molecule is Brc1cccc2c1N(c1ccccc1)c1ccccc1C21c2ccccc2Sc2ccccc21. The molecule has 2 aliphatic heterocycles. The normalized spacial score (nSPS) is 14.7. The van der Waals surface area contributed by atoms with Crippen molar-refractivity contribution in [1.82, 2.24) is 0 Å². The molecule has 0 fully saturated rings. The van der Waals surface area contributed by atoms with Gasteiger partial charge in [0.1, 0.15) is 0 Å². The van der Waals surface area contributed by atoms with E-state index >= 15 is 0 Å². The van der Waals surface area contributed by atoms with Gasteiger partial charge in [-0.3, -0.25) is 0 Å². The van der Waals surface area contributed by atoms with Crippen molar-refractivity contribution >= 4 is 44.8 Å². The second kappa shape index (κ2) is 7.63. The van der Waals surface area contributed by atoms with E-state index in [0.717, 1.165) is 10.2 Å². The summed E-state index contributed by atoms with van der Waals surface area (Å²) in [5, 5.41) is 0. The molecule has 5 aromatic carbocycles. The van der Waals surface area contributed by atoms with Crippen LogP contribution in [-0.2, 0) is 5.41 Å². The summed E-state index contributed by atoms with van der Waals surface area (Å²) in [5.41, 5.74) is 8.46. The maximum absolute atomic E-state index is 3.95. The molecule has 0 atom stereocenters. The lowest BCUT2D eigenvalue weighted by Gasteiger charge is -2.49. The standard InChI is InChI=1S/C31H20BrNS/c32-26-17-10-16-25-30(26)33(21-11-2-1-3-12-21)27-18-7-4-13-22(27)31(25)23-14-5-8-19-28(23)34-29-20-9-6-15-24(29)31/h1-20H. The number of rotatable bonds is 1. The lowest BCUT2D eigenvalue weighted by Crippen LogP contribution is -2.39. The topological polar surface area (TPSA) is 3.24 Å². The van der Waals surface area contributed by atoms with Crippen LogP contribution >= 0.6 is 27.7 Å². The summed E-state index contributed by atoms with van der Waals surface area (Å²) in [5.74, 6) is 0. The van der Waals surface area contributed by atoms with Gasteiger partial charge in [0.25, 0.3) is 0 Å². The first kappa shape index (κ1) is 20.1. The Kier molecular flexibility index (Phi) is 4.52. The zero-order valence-electron chi connectivity index (χ0n) is 18.3. The molecule has 0 unspecified atom stereocenters. The van der Waals surface area contributed by atoms with Gasteiger partial charge in [-0.25, -0.2) is 0 Å². The van der Waals surface area contributed by atoms with E-state index in [9.17, 15) is 0 Å². The summed E-state index contributed by atoms with van der Waals surface area (Å²) in [6.07, 6.45) is 0. The lowest BCUT2D eigenvalue weighted by atomic mass is 9.62. The summed E-state index contributed by atoms with van der Waals surface area (Å²) < 4.78 is 1.09. The Hall–Kier alpha value is -3.27. The van der Waals surface area contributed by atoms with E-state index in [4.69, 9.17) is 0 Å². The number of benzene rings is 5. The summed E-state index contributed by atoms with van der Waals surface area (Å²) >= 11 is 5.83. The van der Waals surface area contributed by atoms with Gasteiger partial charge in [0, 0.05) is 20.0 Å². The molecule has 162 valence electrons. The zero-order chi connectivity index (χ0) is 22.7. The first-order chi connectivity index (χ1) is 16.8. The number of hydrogen-bond acceptors (Lipinski definition) is 2. The van der Waals surface area contributed by atoms with Gasteiger partial charge in [0.05, 0.1) is 16.8 Å². The Bertz CT molecular complexity index is 1510. The highest BCUT2D eigenvalue weighted by Gasteiger charge is 2.50. The van der Waals surface area contributed by atoms with Crippen LogP contribution in [0.3, 0.4) is 0 Å². The van der Waals surface area contributed by atoms with Gasteiger partial charge in [-0.15, -0.1) is 0 Å². The van der Waals surface area contributed by atoms with Crippen molar-refractivity contribution in [3.8, 4) is 0 Å². The molecule has 1 nitrogen and oxygen atoms in total. The van der Waals surface area contributed by atoms with Gasteiger partial charge in [-0.05, 0) is 74.6 Å². The van der Waals surface area contributed by atoms with Gasteiger partial charge >= 0.3 is 0 Å². The van der Waals surface area contributed by atoms with Crippen LogP contribution in [-0.4, -0.2) is 0 Å². The van der Waals surface area contributed by atoms with Gasteiger partial charge in [-0.1, -0.05) is 96.7 Å². The van der Waals surface area contributed by atoms with Gasteiger partial charge < -0.3 is 4.90 Å². The van der Waals surface area contributed by atoms with Gasteiger partial charge in [-0.2, -0.15) is 0 Å². The molecule has 2 heterocycles. The van der Waals surface area contributed by atoms with Crippen LogP contribution in [0.1, 0.15) is 22.3 Å². The first-order valence-electron chi connectivity index (χ1n) is 11.4. The smallest absolute Gasteiger partial charge is 0.0764 e. The fourth-order valence-electron chi connectivity index (χ4n) is 5.72. The molecule has 0 radical (unpaired) electrons. The molecule has 0 aromatic heterocycles. The molecular weight excluding hydrogens is 498 g/mol. The van der Waals surface area contributed by atoms with E-state index in [1.54, 1.807) is 0 Å². The molecule has 0 bridgehead atoms. The highest BCUT2D eigenvalue weighted by Crippen LogP contribution is 2.63. The van der Waals surface area contributed by atoms with Crippen LogP contribution in [0.25, 0.3) is 0 Å². The fraction of sp³-hybridized carbons (Fsp3) is 0.0323. The molecule has 0 saturated carbocycles. The number of para-hydroxylation sites is 3. The minimum absolute atomic E-state index is 0.403. The van der Waals surface area contributed by atoms with E-state index in [1.807, 2.05) is 11.8 Å². The van der Waals surface area contributed by atoms with E-state index in [1.165, 1.54) is 43.4 Å². The lowest BCUT2D eigenvalue weighted by molar-refractivity contribution is 0.691. The highest BCUT2D eigenvalue weighted by molar-refractivity contribution is 9.10. The Morgan fingerprint density at radius 1 is 0.529 bits per heavy atom. The molecule has 1 spiro atoms. The van der Waals surface area contributed by atoms with E-state index in [-0.39, 0.29) is 0 Å². The Morgan fingerprint density at radius 3 is 1.79 bits per heavy atom. The average molecular weight is 518 g/mol. The van der Waals surface area contributed by atoms with Crippen LogP contribution in [0.4, 0.5) is 17.1 Å². The van der Waals surface area contributed by atoms with Crippen molar-refractivity contribution in [3.63, 3.8) is 0 Å². The van der Waals surface area contributed by atoms with Crippen LogP contribution in [0.15, 0.2) is 136 Å². The second-order valence-corrected chi connectivity index (χ2v) is 10.6. The number of halogens is 1. The van der Waals surface area contributed by atoms with Crippen LogP contribution in [0.5, 0.6) is 0 Å². The molecule has 5 aromatic rings. The largest absolute Gasteiger partial charge is 0.309 e. The molecule has 34 heavy (non-hydrogen) atoms. The summed E-state index contributed by atoms with van der Waals surface area (Å²) in [4.78, 5) is 5.04. The summed E-state index contributed by atoms with van der Waals surface area (Å²) in [7, 11) is 0. The molecule has 0 saturated heterocycles. The molecule has 0 aliphatic carbocycles. The van der Waals surface area contributed by atoms with Crippen molar-refractivity contribution < 1.29 is 0 Å². The third-order valence-corrected chi connectivity index (χ3v) is 8.77. The van der Waals surface area contributed by atoms with Crippen molar-refractivity contribution in [3.05, 3.63) is 148 Å². The zero-order valence-corrected chi connectivity index (χ0v) is 20.7. The monoisotopic (exact) mass is 517 g/mol. The first-order valence-corrected chi connectivity index (χ1v) is 13.0. The molecular formula is C31H20BrNS. The number of hydrogen-bond donors (Lipinski definition) is 0. The molecule has 3 heteroatoms. The van der Waals surface area contributed by atoms with E-state index in [0.29, 0.717) is 0 Å². The number of nitrogens with zero attached hydrogens (tertiary/aromatic N) is 1. The fourth-order valence-corrected chi connectivity index (χ4v) is 7.45. The van der Waals surface area contributed by atoms with E-state index < -0.39 is 5.41 Å². The Balaban J connectivity index is 1.69.